The van der Waals surface area contributed by atoms with Crippen molar-refractivity contribution in [1.82, 2.24) is 0 Å². The van der Waals surface area contributed by atoms with Gasteiger partial charge in [-0.15, -0.1) is 0 Å². The Balaban J connectivity index is 3.14. The van der Waals surface area contributed by atoms with Crippen LogP contribution >= 0.6 is 15.9 Å². The molecule has 0 heterocycles. The maximum atomic E-state index is 5.39. The first-order chi connectivity index (χ1) is 7.22. The highest BCUT2D eigenvalue weighted by atomic mass is 79.9. The van der Waals surface area contributed by atoms with Gasteiger partial charge in [-0.2, -0.15) is 0 Å². The minimum Gasteiger partial charge on any atom is -0.495 e. The monoisotopic (exact) mass is 271 g/mol. The van der Waals surface area contributed by atoms with Crippen LogP contribution in [0.5, 0.6) is 11.5 Å². The van der Waals surface area contributed by atoms with Crippen LogP contribution in [0.2, 0.25) is 0 Å². The SMILES string of the molecule is COc1cc(C=CCN)cc(OC)c1Br. The lowest BCUT2D eigenvalue weighted by Crippen LogP contribution is -1.93. The Morgan fingerprint density at radius 2 is 1.80 bits per heavy atom. The zero-order valence-corrected chi connectivity index (χ0v) is 10.4. The molecule has 0 unspecified atom stereocenters. The summed E-state index contributed by atoms with van der Waals surface area (Å²) in [6.07, 6.45) is 3.81. The van der Waals surface area contributed by atoms with E-state index in [2.05, 4.69) is 15.9 Å². The molecular formula is C11H14BrNO2. The number of benzene rings is 1. The van der Waals surface area contributed by atoms with Gasteiger partial charge in [0.25, 0.3) is 0 Å². The summed E-state index contributed by atoms with van der Waals surface area (Å²) in [5.41, 5.74) is 6.39. The zero-order chi connectivity index (χ0) is 11.3. The fourth-order valence-corrected chi connectivity index (χ4v) is 1.74. The average Bonchev–Trinajstić information content (AvgIpc) is 2.27. The second kappa shape index (κ2) is 5.78. The molecule has 3 nitrogen and oxygen atoms in total. The van der Waals surface area contributed by atoms with Gasteiger partial charge in [0.05, 0.1) is 14.2 Å². The molecule has 0 aliphatic rings. The third kappa shape index (κ3) is 2.97. The van der Waals surface area contributed by atoms with Gasteiger partial charge in [0.1, 0.15) is 16.0 Å². The second-order valence-electron chi connectivity index (χ2n) is 2.88. The number of ether oxygens (including phenoxy) is 2. The number of halogens is 1. The number of hydrogen-bond acceptors (Lipinski definition) is 3. The molecular weight excluding hydrogens is 258 g/mol. The summed E-state index contributed by atoms with van der Waals surface area (Å²) in [7, 11) is 3.24. The third-order valence-electron chi connectivity index (χ3n) is 1.91. The number of nitrogens with two attached hydrogens (primary N) is 1. The first-order valence-corrected chi connectivity index (χ1v) is 5.30. The van der Waals surface area contributed by atoms with Crippen molar-refractivity contribution in [3.63, 3.8) is 0 Å². The molecule has 15 heavy (non-hydrogen) atoms. The molecule has 0 radical (unpaired) electrons. The molecule has 4 heteroatoms. The second-order valence-corrected chi connectivity index (χ2v) is 3.67. The fraction of sp³-hybridized carbons (Fsp3) is 0.273. The smallest absolute Gasteiger partial charge is 0.137 e. The van der Waals surface area contributed by atoms with Gasteiger partial charge in [-0.3, -0.25) is 0 Å². The first-order valence-electron chi connectivity index (χ1n) is 4.51. The van der Waals surface area contributed by atoms with Crippen LogP contribution in [-0.2, 0) is 0 Å². The predicted octanol–water partition coefficient (Wildman–Crippen LogP) is 2.44. The summed E-state index contributed by atoms with van der Waals surface area (Å²) in [6, 6.07) is 3.83. The summed E-state index contributed by atoms with van der Waals surface area (Å²) in [5.74, 6) is 1.48. The molecule has 2 N–H and O–H groups in total. The van der Waals surface area contributed by atoms with E-state index in [0.717, 1.165) is 21.5 Å². The zero-order valence-electron chi connectivity index (χ0n) is 8.79. The summed E-state index contributed by atoms with van der Waals surface area (Å²) < 4.78 is 11.2. The van der Waals surface area contributed by atoms with Crippen LogP contribution < -0.4 is 15.2 Å². The summed E-state index contributed by atoms with van der Waals surface area (Å²) in [5, 5.41) is 0. The van der Waals surface area contributed by atoms with Crippen molar-refractivity contribution in [2.45, 2.75) is 0 Å². The Morgan fingerprint density at radius 1 is 1.27 bits per heavy atom. The number of hydrogen-bond donors (Lipinski definition) is 1. The maximum Gasteiger partial charge on any atom is 0.137 e. The molecule has 0 aromatic heterocycles. The predicted molar refractivity (Wildman–Crippen MR) is 65.3 cm³/mol. The van der Waals surface area contributed by atoms with E-state index in [1.807, 2.05) is 24.3 Å². The van der Waals surface area contributed by atoms with Gasteiger partial charge >= 0.3 is 0 Å². The van der Waals surface area contributed by atoms with Crippen LogP contribution in [0, 0.1) is 0 Å². The van der Waals surface area contributed by atoms with Crippen LogP contribution in [0.4, 0.5) is 0 Å². The Morgan fingerprint density at radius 3 is 2.20 bits per heavy atom. The third-order valence-corrected chi connectivity index (χ3v) is 2.70. The molecule has 0 aliphatic carbocycles. The van der Waals surface area contributed by atoms with E-state index >= 15 is 0 Å². The Kier molecular flexibility index (Phi) is 4.65. The number of rotatable bonds is 4. The summed E-state index contributed by atoms with van der Waals surface area (Å²) in [6.45, 7) is 0.515. The Hall–Kier alpha value is -1.00. The molecule has 1 aromatic carbocycles. The topological polar surface area (TPSA) is 44.5 Å². The van der Waals surface area contributed by atoms with Crippen LogP contribution in [0.3, 0.4) is 0 Å². The van der Waals surface area contributed by atoms with Crippen molar-refractivity contribution in [3.05, 3.63) is 28.2 Å². The first kappa shape index (κ1) is 12.1. The van der Waals surface area contributed by atoms with E-state index in [1.54, 1.807) is 14.2 Å². The average molecular weight is 272 g/mol. The lowest BCUT2D eigenvalue weighted by atomic mass is 10.2. The summed E-state index contributed by atoms with van der Waals surface area (Å²) >= 11 is 3.41. The lowest BCUT2D eigenvalue weighted by molar-refractivity contribution is 0.389. The highest BCUT2D eigenvalue weighted by molar-refractivity contribution is 9.10. The normalized spacial score (nSPS) is 10.7. The molecule has 1 aromatic rings. The Bertz CT molecular complexity index is 339. The van der Waals surface area contributed by atoms with E-state index in [9.17, 15) is 0 Å². The van der Waals surface area contributed by atoms with E-state index in [1.165, 1.54) is 0 Å². The van der Waals surface area contributed by atoms with Crippen molar-refractivity contribution in [2.24, 2.45) is 5.73 Å². The van der Waals surface area contributed by atoms with Gasteiger partial charge in [-0.1, -0.05) is 12.2 Å². The van der Waals surface area contributed by atoms with Crippen molar-refractivity contribution < 1.29 is 9.47 Å². The minimum absolute atomic E-state index is 0.515. The molecule has 0 aliphatic heterocycles. The van der Waals surface area contributed by atoms with Crippen LogP contribution in [0.25, 0.3) is 6.08 Å². The fourth-order valence-electron chi connectivity index (χ4n) is 1.19. The Labute approximate surface area is 98.0 Å². The van der Waals surface area contributed by atoms with Crippen molar-refractivity contribution in [1.29, 1.82) is 0 Å². The molecule has 0 fully saturated rings. The van der Waals surface area contributed by atoms with E-state index in [4.69, 9.17) is 15.2 Å². The molecule has 0 spiro atoms. The van der Waals surface area contributed by atoms with Crippen LogP contribution in [0.1, 0.15) is 5.56 Å². The molecule has 0 amide bonds. The number of methoxy groups -OCH3 is 2. The molecule has 1 rings (SSSR count). The highest BCUT2D eigenvalue weighted by Crippen LogP contribution is 2.35. The van der Waals surface area contributed by atoms with Gasteiger partial charge in [-0.05, 0) is 33.6 Å². The van der Waals surface area contributed by atoms with Gasteiger partial charge < -0.3 is 15.2 Å². The molecule has 0 atom stereocenters. The van der Waals surface area contributed by atoms with Crippen molar-refractivity contribution in [2.75, 3.05) is 20.8 Å². The maximum absolute atomic E-state index is 5.39. The molecule has 0 bridgehead atoms. The van der Waals surface area contributed by atoms with Gasteiger partial charge in [-0.25, -0.2) is 0 Å². The molecule has 0 saturated heterocycles. The van der Waals surface area contributed by atoms with Crippen LogP contribution in [-0.4, -0.2) is 20.8 Å². The molecule has 0 saturated carbocycles. The quantitative estimate of drug-likeness (QED) is 0.915. The van der Waals surface area contributed by atoms with Gasteiger partial charge in [0, 0.05) is 6.54 Å². The van der Waals surface area contributed by atoms with E-state index in [0.29, 0.717) is 6.54 Å². The van der Waals surface area contributed by atoms with E-state index in [-0.39, 0.29) is 0 Å². The molecule has 82 valence electrons. The van der Waals surface area contributed by atoms with Gasteiger partial charge in [0.2, 0.25) is 0 Å². The van der Waals surface area contributed by atoms with E-state index < -0.39 is 0 Å². The minimum atomic E-state index is 0.515. The lowest BCUT2D eigenvalue weighted by Gasteiger charge is -2.09. The van der Waals surface area contributed by atoms with Crippen molar-refractivity contribution >= 4 is 22.0 Å². The largest absolute Gasteiger partial charge is 0.495 e. The highest BCUT2D eigenvalue weighted by Gasteiger charge is 2.08. The van der Waals surface area contributed by atoms with Crippen LogP contribution in [0.15, 0.2) is 22.7 Å². The standard InChI is InChI=1S/C11H14BrNO2/c1-14-9-6-8(4-3-5-13)7-10(15-2)11(9)12/h3-4,6-7H,5,13H2,1-2H3. The van der Waals surface area contributed by atoms with Crippen molar-refractivity contribution in [3.8, 4) is 11.5 Å². The summed E-state index contributed by atoms with van der Waals surface area (Å²) in [4.78, 5) is 0. The van der Waals surface area contributed by atoms with Gasteiger partial charge in [0.15, 0.2) is 0 Å².